The number of nitrogens with zero attached hydrogens (tertiary/aromatic N) is 3. The zero-order valence-corrected chi connectivity index (χ0v) is 14.5. The van der Waals surface area contributed by atoms with Crippen molar-refractivity contribution in [3.63, 3.8) is 0 Å². The average molecular weight is 357 g/mol. The number of furan rings is 1. The first-order chi connectivity index (χ1) is 12.3. The van der Waals surface area contributed by atoms with Gasteiger partial charge in [-0.3, -0.25) is 9.48 Å². The maximum Gasteiger partial charge on any atom is 0.248 e. The van der Waals surface area contributed by atoms with Gasteiger partial charge in [-0.05, 0) is 44.1 Å². The molecule has 7 nitrogen and oxygen atoms in total. The summed E-state index contributed by atoms with van der Waals surface area (Å²) in [6.45, 7) is 1.99. The molecule has 1 saturated heterocycles. The van der Waals surface area contributed by atoms with Crippen LogP contribution in [0.25, 0.3) is 10.8 Å². The van der Waals surface area contributed by atoms with E-state index in [-0.39, 0.29) is 5.91 Å². The molecule has 4 rings (SSSR count). The van der Waals surface area contributed by atoms with Gasteiger partial charge in [0.25, 0.3) is 0 Å². The number of hydrogen-bond donors (Lipinski definition) is 2. The summed E-state index contributed by atoms with van der Waals surface area (Å²) in [7, 11) is 0. The van der Waals surface area contributed by atoms with Gasteiger partial charge in [-0.25, -0.2) is 4.98 Å². The third-order valence-electron chi connectivity index (χ3n) is 4.51. The monoisotopic (exact) mass is 357 g/mol. The smallest absolute Gasteiger partial charge is 0.248 e. The molecular formula is C17H19N5O2S. The van der Waals surface area contributed by atoms with Gasteiger partial charge in [0.15, 0.2) is 10.8 Å². The maximum absolute atomic E-state index is 13.0. The van der Waals surface area contributed by atoms with Crippen molar-refractivity contribution in [3.05, 3.63) is 47.9 Å². The lowest BCUT2D eigenvalue weighted by atomic mass is 9.87. The van der Waals surface area contributed by atoms with Crippen molar-refractivity contribution < 1.29 is 9.21 Å². The van der Waals surface area contributed by atoms with Crippen LogP contribution in [-0.2, 0) is 16.9 Å². The zero-order chi connectivity index (χ0) is 17.1. The summed E-state index contributed by atoms with van der Waals surface area (Å²) >= 11 is 1.51. The molecule has 0 unspecified atom stereocenters. The van der Waals surface area contributed by atoms with Crippen molar-refractivity contribution in [1.29, 1.82) is 0 Å². The molecule has 25 heavy (non-hydrogen) atoms. The third-order valence-corrected chi connectivity index (χ3v) is 5.42. The lowest BCUT2D eigenvalue weighted by molar-refractivity contribution is -0.132. The van der Waals surface area contributed by atoms with Crippen molar-refractivity contribution in [3.8, 4) is 10.8 Å². The third kappa shape index (κ3) is 3.10. The highest BCUT2D eigenvalue weighted by atomic mass is 32.1. The summed E-state index contributed by atoms with van der Waals surface area (Å²) in [4.78, 5) is 17.5. The Morgan fingerprint density at radius 1 is 1.40 bits per heavy atom. The van der Waals surface area contributed by atoms with Crippen LogP contribution in [0.5, 0.6) is 0 Å². The molecule has 2 N–H and O–H groups in total. The first-order valence-corrected chi connectivity index (χ1v) is 9.13. The van der Waals surface area contributed by atoms with E-state index in [1.807, 2.05) is 29.8 Å². The summed E-state index contributed by atoms with van der Waals surface area (Å²) in [5.41, 5.74) is 0.198. The Morgan fingerprint density at radius 3 is 3.00 bits per heavy atom. The van der Waals surface area contributed by atoms with Crippen molar-refractivity contribution in [2.45, 2.75) is 24.9 Å². The molecule has 0 saturated carbocycles. The van der Waals surface area contributed by atoms with E-state index in [0.29, 0.717) is 6.54 Å². The summed E-state index contributed by atoms with van der Waals surface area (Å²) in [5.74, 6) is 0.735. The Morgan fingerprint density at radius 2 is 2.28 bits per heavy atom. The first-order valence-electron chi connectivity index (χ1n) is 8.25. The van der Waals surface area contributed by atoms with E-state index in [4.69, 9.17) is 4.42 Å². The normalized spacial score (nSPS) is 16.6. The Bertz CT molecular complexity index is 819. The molecule has 3 aromatic heterocycles. The minimum atomic E-state index is -0.630. The summed E-state index contributed by atoms with van der Waals surface area (Å²) < 4.78 is 7.15. The number of hydrogen-bond acceptors (Lipinski definition) is 6. The second-order valence-corrected chi connectivity index (χ2v) is 6.89. The Balaban J connectivity index is 1.47. The maximum atomic E-state index is 13.0. The SMILES string of the molecule is O=C(NCc1csc(-c2ccco2)n1)C1(n2cccn2)CCNCC1. The number of aromatic nitrogens is 3. The standard InChI is InChI=1S/C17H19N5O2S/c23-16(17(4-7-18-8-5-17)22-9-2-6-20-22)19-11-13-12-25-15(21-13)14-3-1-10-24-14/h1-3,6,9-10,12,18H,4-5,7-8,11H2,(H,19,23). The quantitative estimate of drug-likeness (QED) is 0.729. The fourth-order valence-corrected chi connectivity index (χ4v) is 3.95. The van der Waals surface area contributed by atoms with E-state index in [9.17, 15) is 4.79 Å². The second kappa shape index (κ2) is 6.81. The van der Waals surface area contributed by atoms with Crippen LogP contribution in [0.1, 0.15) is 18.5 Å². The summed E-state index contributed by atoms with van der Waals surface area (Å²) in [6.07, 6.45) is 6.64. The Labute approximate surface area is 149 Å². The van der Waals surface area contributed by atoms with Gasteiger partial charge in [0.05, 0.1) is 18.5 Å². The van der Waals surface area contributed by atoms with Crippen LogP contribution in [0.2, 0.25) is 0 Å². The van der Waals surface area contributed by atoms with Gasteiger partial charge < -0.3 is 15.1 Å². The van der Waals surface area contributed by atoms with Crippen molar-refractivity contribution in [2.24, 2.45) is 0 Å². The fraction of sp³-hybridized carbons (Fsp3) is 0.353. The molecular weight excluding hydrogens is 338 g/mol. The number of amides is 1. The van der Waals surface area contributed by atoms with Crippen molar-refractivity contribution >= 4 is 17.2 Å². The van der Waals surface area contributed by atoms with E-state index in [2.05, 4.69) is 20.7 Å². The van der Waals surface area contributed by atoms with Gasteiger partial charge in [-0.1, -0.05) is 0 Å². The van der Waals surface area contributed by atoms with Gasteiger partial charge >= 0.3 is 0 Å². The lowest BCUT2D eigenvalue weighted by Crippen LogP contribution is -2.54. The highest BCUT2D eigenvalue weighted by molar-refractivity contribution is 7.13. The average Bonchev–Trinajstić information content (AvgIpc) is 3.42. The van der Waals surface area contributed by atoms with Crippen LogP contribution in [0.4, 0.5) is 0 Å². The highest BCUT2D eigenvalue weighted by Gasteiger charge is 2.41. The first kappa shape index (κ1) is 16.0. The van der Waals surface area contributed by atoms with Crippen LogP contribution in [0.15, 0.2) is 46.7 Å². The number of carbonyl (C=O) groups is 1. The molecule has 0 aliphatic carbocycles. The molecule has 0 radical (unpaired) electrons. The minimum Gasteiger partial charge on any atom is -0.462 e. The Kier molecular flexibility index (Phi) is 4.37. The molecule has 0 atom stereocenters. The van der Waals surface area contributed by atoms with Crippen molar-refractivity contribution in [2.75, 3.05) is 13.1 Å². The molecule has 1 fully saturated rings. The van der Waals surface area contributed by atoms with Crippen molar-refractivity contribution in [1.82, 2.24) is 25.4 Å². The molecule has 1 amide bonds. The molecule has 1 aliphatic rings. The van der Waals surface area contributed by atoms with Crippen LogP contribution in [0.3, 0.4) is 0 Å². The molecule has 4 heterocycles. The molecule has 1 aliphatic heterocycles. The lowest BCUT2D eigenvalue weighted by Gasteiger charge is -2.36. The zero-order valence-electron chi connectivity index (χ0n) is 13.6. The van der Waals surface area contributed by atoms with E-state index in [1.54, 1.807) is 17.1 Å². The molecule has 3 aromatic rings. The molecule has 0 bridgehead atoms. The molecule has 8 heteroatoms. The fourth-order valence-electron chi connectivity index (χ4n) is 3.16. The number of piperidine rings is 1. The van der Waals surface area contributed by atoms with Crippen LogP contribution < -0.4 is 10.6 Å². The molecule has 130 valence electrons. The van der Waals surface area contributed by atoms with E-state index < -0.39 is 5.54 Å². The van der Waals surface area contributed by atoms with E-state index in [1.165, 1.54) is 11.3 Å². The van der Waals surface area contributed by atoms with Gasteiger partial charge in [0, 0.05) is 17.8 Å². The topological polar surface area (TPSA) is 85.0 Å². The molecule has 0 aromatic carbocycles. The van der Waals surface area contributed by atoms with Gasteiger partial charge in [0.1, 0.15) is 5.54 Å². The predicted molar refractivity (Wildman–Crippen MR) is 94.0 cm³/mol. The van der Waals surface area contributed by atoms with Gasteiger partial charge in [-0.2, -0.15) is 5.10 Å². The van der Waals surface area contributed by atoms with Gasteiger partial charge in [0.2, 0.25) is 5.91 Å². The largest absolute Gasteiger partial charge is 0.462 e. The number of carbonyl (C=O) groups excluding carboxylic acids is 1. The van der Waals surface area contributed by atoms with Crippen LogP contribution >= 0.6 is 11.3 Å². The number of rotatable bonds is 5. The number of nitrogens with one attached hydrogen (secondary N) is 2. The van der Waals surface area contributed by atoms with E-state index >= 15 is 0 Å². The van der Waals surface area contributed by atoms with Crippen LogP contribution in [-0.4, -0.2) is 33.8 Å². The van der Waals surface area contributed by atoms with E-state index in [0.717, 1.165) is 42.4 Å². The predicted octanol–water partition coefficient (Wildman–Crippen LogP) is 1.99. The summed E-state index contributed by atoms with van der Waals surface area (Å²) in [6, 6.07) is 5.57. The van der Waals surface area contributed by atoms with Crippen LogP contribution in [0, 0.1) is 0 Å². The second-order valence-electron chi connectivity index (χ2n) is 6.04. The number of thiazole rings is 1. The van der Waals surface area contributed by atoms with Gasteiger partial charge in [-0.15, -0.1) is 11.3 Å². The minimum absolute atomic E-state index is 0.00903. The highest BCUT2D eigenvalue weighted by Crippen LogP contribution is 2.28. The molecule has 0 spiro atoms. The summed E-state index contributed by atoms with van der Waals surface area (Å²) in [5, 5.41) is 13.4. The Hall–Kier alpha value is -2.45.